The summed E-state index contributed by atoms with van der Waals surface area (Å²) in [6.45, 7) is 4.70. The maximum Gasteiger partial charge on any atom is 0.326 e. The first-order valence-corrected chi connectivity index (χ1v) is 19.6. The zero-order chi connectivity index (χ0) is 42.0. The minimum absolute atomic E-state index is 0.0475. The zero-order valence-electron chi connectivity index (χ0n) is 32.8. The van der Waals surface area contributed by atoms with Gasteiger partial charge in [0.25, 0.3) is 0 Å². The normalized spacial score (nSPS) is 23.6. The van der Waals surface area contributed by atoms with Crippen molar-refractivity contribution in [1.29, 1.82) is 0 Å². The van der Waals surface area contributed by atoms with Gasteiger partial charge in [0.05, 0.1) is 19.4 Å². The van der Waals surface area contributed by atoms with Gasteiger partial charge in [0.15, 0.2) is 5.96 Å². The Kier molecular flexibility index (Phi) is 15.3. The van der Waals surface area contributed by atoms with Crippen LogP contribution in [0.5, 0.6) is 5.75 Å². The summed E-state index contributed by atoms with van der Waals surface area (Å²) in [6, 6.07) is 1.52. The topological polar surface area (TPSA) is 302 Å². The molecule has 3 aliphatic carbocycles. The Morgan fingerprint density at radius 3 is 2.32 bits per heavy atom. The number of esters is 1. The lowest BCUT2D eigenvalue weighted by molar-refractivity contribution is -0.158. The van der Waals surface area contributed by atoms with Crippen molar-refractivity contribution in [3.63, 3.8) is 0 Å². The Labute approximate surface area is 331 Å². The summed E-state index contributed by atoms with van der Waals surface area (Å²) < 4.78 is 6.03. The highest BCUT2D eigenvalue weighted by atomic mass is 16.5. The third-order valence-corrected chi connectivity index (χ3v) is 11.7. The number of aliphatic imine (C=N–C) groups is 1. The minimum Gasteiger partial charge on any atom is -0.508 e. The smallest absolute Gasteiger partial charge is 0.326 e. The second kappa shape index (κ2) is 19.6. The van der Waals surface area contributed by atoms with E-state index >= 15 is 0 Å². The Balaban J connectivity index is 1.30. The molecule has 0 unspecified atom stereocenters. The predicted molar refractivity (Wildman–Crippen MR) is 205 cm³/mol. The van der Waals surface area contributed by atoms with Gasteiger partial charge in [-0.1, -0.05) is 26.8 Å². The van der Waals surface area contributed by atoms with Crippen molar-refractivity contribution in [1.82, 2.24) is 21.3 Å². The third kappa shape index (κ3) is 11.8. The van der Waals surface area contributed by atoms with Crippen molar-refractivity contribution in [2.75, 3.05) is 13.1 Å². The molecule has 18 heteroatoms. The number of nitrogens with two attached hydrogens (primary N) is 2. The van der Waals surface area contributed by atoms with E-state index in [1.807, 2.05) is 12.1 Å². The number of fused-ring (bicyclic) bond motifs is 5. The molecule has 0 radical (unpaired) electrons. The van der Waals surface area contributed by atoms with E-state index < -0.39 is 78.5 Å². The molecule has 314 valence electrons. The van der Waals surface area contributed by atoms with E-state index in [1.165, 1.54) is 25.0 Å². The monoisotopic (exact) mass is 799 g/mol. The number of aliphatic carboxylic acids is 2. The molecule has 18 nitrogen and oxygen atoms in total. The van der Waals surface area contributed by atoms with E-state index in [2.05, 4.69) is 33.2 Å². The molecule has 0 spiro atoms. The average molecular weight is 800 g/mol. The van der Waals surface area contributed by atoms with Gasteiger partial charge in [-0.05, 0) is 98.3 Å². The van der Waals surface area contributed by atoms with Gasteiger partial charge in [-0.2, -0.15) is 0 Å². The van der Waals surface area contributed by atoms with Crippen molar-refractivity contribution < 1.29 is 53.6 Å². The number of carboxylic acids is 2. The fourth-order valence-electron chi connectivity index (χ4n) is 8.87. The lowest BCUT2D eigenvalue weighted by atomic mass is 9.55. The molecule has 4 amide bonds. The van der Waals surface area contributed by atoms with Gasteiger partial charge in [-0.3, -0.25) is 33.8 Å². The van der Waals surface area contributed by atoms with Gasteiger partial charge in [-0.25, -0.2) is 4.79 Å². The number of aromatic hydroxyl groups is 1. The number of carboxylic acid groups (broad SMARTS) is 2. The SMILES string of the molecule is CC(C)[C@H](NC(=O)[C@H](CC(=O)O)NC(=O)CNC(=O)[C@H](CCCN=C(N)N)NC(=O)CCC(=O)O[C@H]1CC[C@H]2[C@@H]3CCc4cc(O)ccc4[C@H]3CC[C@]12C)C(=O)O. The van der Waals surface area contributed by atoms with Crippen LogP contribution in [0.3, 0.4) is 0 Å². The van der Waals surface area contributed by atoms with Gasteiger partial charge in [0.2, 0.25) is 23.6 Å². The first kappa shape index (κ1) is 44.3. The summed E-state index contributed by atoms with van der Waals surface area (Å²) in [5.74, 6) is -5.84. The van der Waals surface area contributed by atoms with E-state index in [4.69, 9.17) is 16.2 Å². The van der Waals surface area contributed by atoms with Crippen molar-refractivity contribution >= 4 is 47.5 Å². The number of nitrogens with one attached hydrogen (secondary N) is 4. The molecule has 0 aliphatic heterocycles. The number of rotatable bonds is 19. The fraction of sp³-hybridized carbons (Fsp3) is 0.641. The summed E-state index contributed by atoms with van der Waals surface area (Å²) >= 11 is 0. The lowest BCUT2D eigenvalue weighted by Crippen LogP contribution is -2.55. The summed E-state index contributed by atoms with van der Waals surface area (Å²) in [7, 11) is 0. The molecular formula is C39H57N7O11. The number of phenolic OH excluding ortho intramolecular Hbond substituents is 1. The Hall–Kier alpha value is -5.42. The number of carbonyl (C=O) groups is 7. The van der Waals surface area contributed by atoms with Crippen LogP contribution in [-0.2, 0) is 44.7 Å². The first-order chi connectivity index (χ1) is 26.9. The van der Waals surface area contributed by atoms with Crippen molar-refractivity contribution in [3.05, 3.63) is 29.3 Å². The molecule has 1 aromatic carbocycles. The summed E-state index contributed by atoms with van der Waals surface area (Å²) in [4.78, 5) is 91.6. The molecule has 2 saturated carbocycles. The highest BCUT2D eigenvalue weighted by molar-refractivity contribution is 5.95. The maximum atomic E-state index is 13.2. The second-order valence-electron chi connectivity index (χ2n) is 16.0. The van der Waals surface area contributed by atoms with Crippen molar-refractivity contribution in [2.24, 2.45) is 39.6 Å². The molecule has 4 rings (SSSR count). The molecule has 57 heavy (non-hydrogen) atoms. The minimum atomic E-state index is -1.64. The number of carbonyl (C=O) groups excluding carboxylic acids is 5. The molecule has 0 saturated heterocycles. The summed E-state index contributed by atoms with van der Waals surface area (Å²) in [5, 5.41) is 38.0. The van der Waals surface area contributed by atoms with E-state index in [1.54, 1.807) is 6.07 Å². The Bertz CT molecular complexity index is 1710. The summed E-state index contributed by atoms with van der Waals surface area (Å²) in [6.07, 6.45) is 4.13. The number of amides is 4. The van der Waals surface area contributed by atoms with Gasteiger partial charge in [0.1, 0.15) is 30.0 Å². The van der Waals surface area contributed by atoms with Gasteiger partial charge in [-0.15, -0.1) is 0 Å². The summed E-state index contributed by atoms with van der Waals surface area (Å²) in [5.41, 5.74) is 13.1. The number of ether oxygens (including phenoxy) is 1. The van der Waals surface area contributed by atoms with Gasteiger partial charge >= 0.3 is 17.9 Å². The van der Waals surface area contributed by atoms with Crippen LogP contribution in [0.15, 0.2) is 23.2 Å². The van der Waals surface area contributed by atoms with E-state index in [9.17, 15) is 48.9 Å². The van der Waals surface area contributed by atoms with Crippen LogP contribution in [0.25, 0.3) is 0 Å². The van der Waals surface area contributed by atoms with E-state index in [0.717, 1.165) is 38.5 Å². The van der Waals surface area contributed by atoms with Crippen LogP contribution in [0.4, 0.5) is 0 Å². The number of phenols is 1. The second-order valence-corrected chi connectivity index (χ2v) is 16.0. The highest BCUT2D eigenvalue weighted by Crippen LogP contribution is 2.61. The van der Waals surface area contributed by atoms with Crippen LogP contribution in [0.2, 0.25) is 0 Å². The fourth-order valence-corrected chi connectivity index (χ4v) is 8.87. The van der Waals surface area contributed by atoms with Crippen LogP contribution < -0.4 is 32.7 Å². The number of aryl methyl sites for hydroxylation is 1. The Morgan fingerprint density at radius 1 is 0.930 bits per heavy atom. The molecule has 3 aliphatic rings. The molecule has 0 heterocycles. The van der Waals surface area contributed by atoms with E-state index in [0.29, 0.717) is 17.8 Å². The highest BCUT2D eigenvalue weighted by Gasteiger charge is 2.56. The number of hydrogen-bond acceptors (Lipinski definition) is 10. The average Bonchev–Trinajstić information content (AvgIpc) is 3.47. The molecule has 8 atom stereocenters. The van der Waals surface area contributed by atoms with Gasteiger partial charge < -0.3 is 52.8 Å². The maximum absolute atomic E-state index is 13.2. The zero-order valence-corrected chi connectivity index (χ0v) is 32.8. The largest absolute Gasteiger partial charge is 0.508 e. The number of benzene rings is 1. The van der Waals surface area contributed by atoms with Gasteiger partial charge in [0, 0.05) is 18.4 Å². The third-order valence-electron chi connectivity index (χ3n) is 11.7. The molecular weight excluding hydrogens is 742 g/mol. The first-order valence-electron chi connectivity index (χ1n) is 19.6. The van der Waals surface area contributed by atoms with Crippen LogP contribution in [0, 0.1) is 23.2 Å². The van der Waals surface area contributed by atoms with Crippen LogP contribution >= 0.6 is 0 Å². The number of guanidine groups is 1. The van der Waals surface area contributed by atoms with Crippen LogP contribution in [0.1, 0.15) is 102 Å². The molecule has 11 N–H and O–H groups in total. The standard InChI is InChI=1S/C39H57N7O11/c1-20(2)34(37(55)56)46-36(54)28(18-32(50)51)45-31(49)19-43-35(53)27(5-4-16-42-38(40)41)44-30(48)12-13-33(52)57-29-11-10-26-25-8-6-21-17-22(47)7-9-23(21)24(25)14-15-39(26,29)3/h7,9,17,20,24-29,34,47H,4-6,8,10-16,18-19H2,1-3H3,(H,43,53)(H,44,48)(H,45,49)(H,46,54)(H,50,51)(H,55,56)(H4,40,41,42)/t24-,25-,26+,27+,28+,29+,34+,39+/m1/s1. The number of hydrogen-bond donors (Lipinski definition) is 9. The van der Waals surface area contributed by atoms with E-state index in [-0.39, 0.29) is 55.5 Å². The predicted octanol–water partition coefficient (Wildman–Crippen LogP) is 0.780. The molecule has 1 aromatic rings. The Morgan fingerprint density at radius 2 is 1.65 bits per heavy atom. The lowest BCUT2D eigenvalue weighted by Gasteiger charge is -2.50. The molecule has 0 bridgehead atoms. The quantitative estimate of drug-likeness (QED) is 0.0405. The van der Waals surface area contributed by atoms with Crippen molar-refractivity contribution in [3.8, 4) is 5.75 Å². The molecule has 2 fully saturated rings. The molecule has 0 aromatic heterocycles. The van der Waals surface area contributed by atoms with Crippen molar-refractivity contribution in [2.45, 2.75) is 122 Å². The van der Waals surface area contributed by atoms with Crippen LogP contribution in [-0.4, -0.2) is 100 Å². The number of nitrogens with zero attached hydrogens (tertiary/aromatic N) is 1.